The molecule has 0 aliphatic heterocycles. The zero-order chi connectivity index (χ0) is 9.68. The van der Waals surface area contributed by atoms with E-state index in [-0.39, 0.29) is 12.7 Å². The second-order valence-corrected chi connectivity index (χ2v) is 3.19. The lowest BCUT2D eigenvalue weighted by Crippen LogP contribution is -2.10. The summed E-state index contributed by atoms with van der Waals surface area (Å²) in [5, 5.41) is 18.5. The largest absolute Gasteiger partial charge is 0.393 e. The molecule has 0 spiro atoms. The molecule has 0 heterocycles. The Kier molecular flexibility index (Phi) is 3.93. The maximum Gasteiger partial charge on any atom is 0.0684 e. The number of benzene rings is 1. The molecule has 0 aliphatic rings. The molecule has 2 nitrogen and oxygen atoms in total. The Morgan fingerprint density at radius 2 is 1.85 bits per heavy atom. The molecule has 2 N–H and O–H groups in total. The fourth-order valence-electron chi connectivity index (χ4n) is 1.31. The van der Waals surface area contributed by atoms with Crippen LogP contribution in [0.3, 0.4) is 0 Å². The van der Waals surface area contributed by atoms with E-state index >= 15 is 0 Å². The van der Waals surface area contributed by atoms with Gasteiger partial charge in [-0.15, -0.1) is 0 Å². The molecule has 0 saturated carbocycles. The van der Waals surface area contributed by atoms with E-state index in [2.05, 4.69) is 0 Å². The number of aliphatic hydroxyl groups excluding tert-OH is 2. The monoisotopic (exact) mass is 180 g/mol. The fourth-order valence-corrected chi connectivity index (χ4v) is 1.31. The van der Waals surface area contributed by atoms with E-state index in [1.165, 1.54) is 0 Å². The Morgan fingerprint density at radius 3 is 2.38 bits per heavy atom. The number of hydrogen-bond donors (Lipinski definition) is 2. The lowest BCUT2D eigenvalue weighted by atomic mass is 10.0. The van der Waals surface area contributed by atoms with Gasteiger partial charge in [0.2, 0.25) is 0 Å². The highest BCUT2D eigenvalue weighted by Gasteiger charge is 2.05. The minimum atomic E-state index is -0.298. The molecule has 1 aromatic rings. The van der Waals surface area contributed by atoms with Gasteiger partial charge in [-0.25, -0.2) is 0 Å². The van der Waals surface area contributed by atoms with Crippen molar-refractivity contribution in [1.82, 2.24) is 0 Å². The summed E-state index contributed by atoms with van der Waals surface area (Å²) in [7, 11) is 0. The van der Waals surface area contributed by atoms with Crippen LogP contribution in [0.2, 0.25) is 0 Å². The van der Waals surface area contributed by atoms with Crippen LogP contribution in [0.4, 0.5) is 0 Å². The second-order valence-electron chi connectivity index (χ2n) is 3.19. The zero-order valence-corrected chi connectivity index (χ0v) is 7.90. The average molecular weight is 180 g/mol. The molecule has 1 unspecified atom stereocenters. The summed E-state index contributed by atoms with van der Waals surface area (Å²) in [5.41, 5.74) is 1.95. The predicted molar refractivity (Wildman–Crippen MR) is 52.4 cm³/mol. The van der Waals surface area contributed by atoms with Crippen molar-refractivity contribution in [3.63, 3.8) is 0 Å². The summed E-state index contributed by atoms with van der Waals surface area (Å²) in [4.78, 5) is 0. The average Bonchev–Trinajstić information content (AvgIpc) is 2.18. The van der Waals surface area contributed by atoms with Crippen molar-refractivity contribution in [3.8, 4) is 0 Å². The first kappa shape index (κ1) is 10.2. The summed E-state index contributed by atoms with van der Waals surface area (Å²) in [6.45, 7) is 2.00. The van der Waals surface area contributed by atoms with E-state index < -0.39 is 0 Å². The van der Waals surface area contributed by atoms with E-state index in [1.54, 1.807) is 0 Å². The SMILES string of the molecule is CCC(O)Cc1ccccc1CO. The fraction of sp³-hybridized carbons (Fsp3) is 0.455. The van der Waals surface area contributed by atoms with Gasteiger partial charge in [-0.3, -0.25) is 0 Å². The molecule has 0 bridgehead atoms. The molecular formula is C11H16O2. The third kappa shape index (κ3) is 2.83. The van der Waals surface area contributed by atoms with E-state index in [9.17, 15) is 5.11 Å². The zero-order valence-electron chi connectivity index (χ0n) is 7.90. The van der Waals surface area contributed by atoms with Gasteiger partial charge in [0, 0.05) is 0 Å². The van der Waals surface area contributed by atoms with Crippen molar-refractivity contribution >= 4 is 0 Å². The lowest BCUT2D eigenvalue weighted by Gasteiger charge is -2.10. The van der Waals surface area contributed by atoms with Crippen LogP contribution in [0.15, 0.2) is 24.3 Å². The topological polar surface area (TPSA) is 40.5 Å². The molecule has 0 amide bonds. The highest BCUT2D eigenvalue weighted by Crippen LogP contribution is 2.12. The third-order valence-corrected chi connectivity index (χ3v) is 2.22. The van der Waals surface area contributed by atoms with Gasteiger partial charge in [-0.05, 0) is 24.0 Å². The van der Waals surface area contributed by atoms with E-state index in [0.29, 0.717) is 6.42 Å². The minimum absolute atomic E-state index is 0.0482. The van der Waals surface area contributed by atoms with E-state index in [0.717, 1.165) is 17.5 Å². The van der Waals surface area contributed by atoms with Crippen molar-refractivity contribution in [2.45, 2.75) is 32.5 Å². The standard InChI is InChI=1S/C11H16O2/c1-2-11(13)7-9-5-3-4-6-10(9)8-12/h3-6,11-13H,2,7-8H2,1H3. The molecule has 0 saturated heterocycles. The molecule has 0 radical (unpaired) electrons. The number of aliphatic hydroxyl groups is 2. The molecule has 0 aromatic heterocycles. The molecule has 0 aliphatic carbocycles. The predicted octanol–water partition coefficient (Wildman–Crippen LogP) is 1.49. The first-order valence-corrected chi connectivity index (χ1v) is 4.63. The number of rotatable bonds is 4. The van der Waals surface area contributed by atoms with Gasteiger partial charge >= 0.3 is 0 Å². The molecule has 0 fully saturated rings. The maximum absolute atomic E-state index is 9.45. The van der Waals surface area contributed by atoms with Gasteiger partial charge in [-0.2, -0.15) is 0 Å². The van der Waals surface area contributed by atoms with Gasteiger partial charge in [0.1, 0.15) is 0 Å². The van der Waals surface area contributed by atoms with Crippen molar-refractivity contribution in [2.24, 2.45) is 0 Å². The van der Waals surface area contributed by atoms with E-state index in [4.69, 9.17) is 5.11 Å². The first-order valence-electron chi connectivity index (χ1n) is 4.63. The van der Waals surface area contributed by atoms with Crippen molar-refractivity contribution < 1.29 is 10.2 Å². The number of hydrogen-bond acceptors (Lipinski definition) is 2. The maximum atomic E-state index is 9.45. The molecule has 13 heavy (non-hydrogen) atoms. The Hall–Kier alpha value is -0.860. The molecule has 72 valence electrons. The van der Waals surface area contributed by atoms with Crippen LogP contribution in [0, 0.1) is 0 Å². The van der Waals surface area contributed by atoms with Gasteiger partial charge in [0.05, 0.1) is 12.7 Å². The van der Waals surface area contributed by atoms with Gasteiger partial charge in [-0.1, -0.05) is 31.2 Å². The summed E-state index contributed by atoms with van der Waals surface area (Å²) >= 11 is 0. The Balaban J connectivity index is 2.74. The van der Waals surface area contributed by atoms with Crippen LogP contribution in [0.1, 0.15) is 24.5 Å². The van der Waals surface area contributed by atoms with Gasteiger partial charge < -0.3 is 10.2 Å². The van der Waals surface area contributed by atoms with Crippen LogP contribution in [-0.4, -0.2) is 16.3 Å². The van der Waals surface area contributed by atoms with Gasteiger partial charge in [0.15, 0.2) is 0 Å². The summed E-state index contributed by atoms with van der Waals surface area (Å²) in [5.74, 6) is 0. The van der Waals surface area contributed by atoms with Crippen LogP contribution in [-0.2, 0) is 13.0 Å². The van der Waals surface area contributed by atoms with Crippen molar-refractivity contribution in [1.29, 1.82) is 0 Å². The molecule has 2 heteroatoms. The summed E-state index contributed by atoms with van der Waals surface area (Å²) < 4.78 is 0. The van der Waals surface area contributed by atoms with Crippen LogP contribution in [0.5, 0.6) is 0 Å². The molecule has 1 rings (SSSR count). The molecule has 1 atom stereocenters. The normalized spacial score (nSPS) is 12.8. The quantitative estimate of drug-likeness (QED) is 0.737. The van der Waals surface area contributed by atoms with Crippen LogP contribution in [0.25, 0.3) is 0 Å². The summed E-state index contributed by atoms with van der Waals surface area (Å²) in [6, 6.07) is 7.66. The Labute approximate surface area is 78.8 Å². The van der Waals surface area contributed by atoms with Gasteiger partial charge in [0.25, 0.3) is 0 Å². The smallest absolute Gasteiger partial charge is 0.0684 e. The molecule has 1 aromatic carbocycles. The highest BCUT2D eigenvalue weighted by molar-refractivity contribution is 5.26. The first-order chi connectivity index (χ1) is 6.27. The van der Waals surface area contributed by atoms with Crippen molar-refractivity contribution in [2.75, 3.05) is 0 Å². The van der Waals surface area contributed by atoms with Crippen molar-refractivity contribution in [3.05, 3.63) is 35.4 Å². The minimum Gasteiger partial charge on any atom is -0.393 e. The lowest BCUT2D eigenvalue weighted by molar-refractivity contribution is 0.170. The summed E-state index contributed by atoms with van der Waals surface area (Å²) in [6.07, 6.45) is 1.08. The molecular weight excluding hydrogens is 164 g/mol. The third-order valence-electron chi connectivity index (χ3n) is 2.22. The Morgan fingerprint density at radius 1 is 1.23 bits per heavy atom. The van der Waals surface area contributed by atoms with Crippen LogP contribution < -0.4 is 0 Å². The second kappa shape index (κ2) is 5.00. The highest BCUT2D eigenvalue weighted by atomic mass is 16.3. The van der Waals surface area contributed by atoms with Crippen LogP contribution >= 0.6 is 0 Å². The Bertz CT molecular complexity index is 258. The van der Waals surface area contributed by atoms with E-state index in [1.807, 2.05) is 31.2 Å².